The molecule has 0 radical (unpaired) electrons. The number of ether oxygens (including phenoxy) is 2. The number of esters is 2. The Balaban J connectivity index is 1.86. The van der Waals surface area contributed by atoms with Crippen molar-refractivity contribution in [3.63, 3.8) is 0 Å². The monoisotopic (exact) mass is 414 g/mol. The summed E-state index contributed by atoms with van der Waals surface area (Å²) in [5.74, 6) is -1.27. The lowest BCUT2D eigenvalue weighted by Gasteiger charge is -2.28. The molecule has 8 nitrogen and oxygen atoms in total. The molecule has 0 bridgehead atoms. The van der Waals surface area contributed by atoms with Crippen LogP contribution in [-0.4, -0.2) is 37.5 Å². The molecule has 1 atom stereocenters. The van der Waals surface area contributed by atoms with Crippen LogP contribution in [0.2, 0.25) is 0 Å². The maximum Gasteiger partial charge on any atom is 0.338 e. The molecule has 29 heavy (non-hydrogen) atoms. The number of nitrogens with one attached hydrogen (secondary N) is 2. The van der Waals surface area contributed by atoms with E-state index in [0.29, 0.717) is 11.8 Å². The van der Waals surface area contributed by atoms with Crippen molar-refractivity contribution in [2.24, 2.45) is 0 Å². The number of urea groups is 1. The van der Waals surface area contributed by atoms with E-state index in [1.54, 1.807) is 19.1 Å². The molecule has 1 aliphatic heterocycles. The van der Waals surface area contributed by atoms with Gasteiger partial charge in [-0.2, -0.15) is 0 Å². The number of thiophene rings is 1. The normalized spacial score (nSPS) is 15.9. The zero-order valence-corrected chi connectivity index (χ0v) is 16.3. The number of carbonyl (C=O) groups excluding carboxylic acids is 4. The average Bonchev–Trinajstić information content (AvgIpc) is 3.26. The molecular weight excluding hydrogens is 396 g/mol. The zero-order chi connectivity index (χ0) is 20.8. The van der Waals surface area contributed by atoms with Gasteiger partial charge in [0.1, 0.15) is 12.9 Å². The molecule has 9 heteroatoms. The number of hydrogen-bond acceptors (Lipinski definition) is 7. The molecule has 0 saturated carbocycles. The van der Waals surface area contributed by atoms with Crippen molar-refractivity contribution < 1.29 is 28.7 Å². The summed E-state index contributed by atoms with van der Waals surface area (Å²) in [6.45, 7) is 1.51. The molecule has 1 aromatic carbocycles. The average molecular weight is 414 g/mol. The van der Waals surface area contributed by atoms with E-state index < -0.39 is 24.0 Å². The molecule has 1 unspecified atom stereocenters. The lowest BCUT2D eigenvalue weighted by Crippen LogP contribution is -2.46. The van der Waals surface area contributed by atoms with Crippen LogP contribution in [0.3, 0.4) is 0 Å². The van der Waals surface area contributed by atoms with Crippen LogP contribution < -0.4 is 10.6 Å². The first-order valence-electron chi connectivity index (χ1n) is 8.77. The first-order chi connectivity index (χ1) is 14.0. The third-order valence-electron chi connectivity index (χ3n) is 4.11. The van der Waals surface area contributed by atoms with Crippen molar-refractivity contribution in [1.82, 2.24) is 10.6 Å². The number of amides is 2. The van der Waals surface area contributed by atoms with Crippen LogP contribution in [0.1, 0.15) is 38.6 Å². The smallest absolute Gasteiger partial charge is 0.338 e. The van der Waals surface area contributed by atoms with Gasteiger partial charge in [0.05, 0.1) is 29.5 Å². The predicted octanol–water partition coefficient (Wildman–Crippen LogP) is 2.59. The highest BCUT2D eigenvalue weighted by Crippen LogP contribution is 2.30. The largest absolute Gasteiger partial charge is 0.463 e. The first kappa shape index (κ1) is 20.3. The van der Waals surface area contributed by atoms with E-state index in [1.165, 1.54) is 35.6 Å². The molecule has 0 saturated heterocycles. The molecule has 0 fully saturated rings. The molecule has 2 N–H and O–H groups in total. The number of benzene rings is 1. The summed E-state index contributed by atoms with van der Waals surface area (Å²) in [7, 11) is 0. The second-order valence-electron chi connectivity index (χ2n) is 5.98. The SMILES string of the molecule is CCOC(=O)C1=C(COC(=O)c2ccc(C=O)cc2)NC(=O)NC1c1cccs1. The summed E-state index contributed by atoms with van der Waals surface area (Å²) in [5.41, 5.74) is 1.00. The minimum Gasteiger partial charge on any atom is -0.463 e. The van der Waals surface area contributed by atoms with Crippen molar-refractivity contribution >= 4 is 35.6 Å². The molecule has 2 amide bonds. The Morgan fingerprint density at radius 1 is 1.14 bits per heavy atom. The Bertz CT molecular complexity index is 950. The second kappa shape index (κ2) is 9.16. The minimum atomic E-state index is -0.705. The lowest BCUT2D eigenvalue weighted by molar-refractivity contribution is -0.139. The van der Waals surface area contributed by atoms with Crippen LogP contribution >= 0.6 is 11.3 Å². The molecule has 3 rings (SSSR count). The Kier molecular flexibility index (Phi) is 6.40. The Morgan fingerprint density at radius 3 is 2.52 bits per heavy atom. The minimum absolute atomic E-state index is 0.156. The zero-order valence-electron chi connectivity index (χ0n) is 15.5. The quantitative estimate of drug-likeness (QED) is 0.532. The van der Waals surface area contributed by atoms with Crippen LogP contribution in [-0.2, 0) is 14.3 Å². The molecule has 1 aliphatic rings. The summed E-state index contributed by atoms with van der Waals surface area (Å²) >= 11 is 1.38. The highest BCUT2D eigenvalue weighted by Gasteiger charge is 2.34. The second-order valence-corrected chi connectivity index (χ2v) is 6.95. The molecule has 150 valence electrons. The van der Waals surface area contributed by atoms with E-state index in [4.69, 9.17) is 9.47 Å². The van der Waals surface area contributed by atoms with Gasteiger partial charge in [-0.3, -0.25) is 4.79 Å². The van der Waals surface area contributed by atoms with Crippen molar-refractivity contribution in [3.8, 4) is 0 Å². The molecule has 2 aromatic rings. The summed E-state index contributed by atoms with van der Waals surface area (Å²) in [4.78, 5) is 48.5. The van der Waals surface area contributed by atoms with Gasteiger partial charge in [-0.15, -0.1) is 11.3 Å². The maximum atomic E-state index is 12.6. The van der Waals surface area contributed by atoms with Crippen molar-refractivity contribution in [2.75, 3.05) is 13.2 Å². The summed E-state index contributed by atoms with van der Waals surface area (Å²) in [6, 6.07) is 8.28. The maximum absolute atomic E-state index is 12.6. The highest BCUT2D eigenvalue weighted by molar-refractivity contribution is 7.10. The van der Waals surface area contributed by atoms with E-state index in [-0.39, 0.29) is 30.0 Å². The van der Waals surface area contributed by atoms with Crippen LogP contribution in [0.15, 0.2) is 53.0 Å². The van der Waals surface area contributed by atoms with Gasteiger partial charge in [-0.1, -0.05) is 18.2 Å². The van der Waals surface area contributed by atoms with Gasteiger partial charge in [0.15, 0.2) is 0 Å². The van der Waals surface area contributed by atoms with E-state index >= 15 is 0 Å². The molecular formula is C20H18N2O6S. The fourth-order valence-corrected chi connectivity index (χ4v) is 3.55. The number of carbonyl (C=O) groups is 4. The Labute approximate surface area is 170 Å². The topological polar surface area (TPSA) is 111 Å². The molecule has 0 spiro atoms. The summed E-state index contributed by atoms with van der Waals surface area (Å²) < 4.78 is 10.4. The standard InChI is InChI=1S/C20H18N2O6S/c1-2-27-19(25)16-14(21-20(26)22-17(16)15-4-3-9-29-15)11-28-18(24)13-7-5-12(10-23)6-8-13/h3-10,17H,2,11H2,1H3,(H2,21,22,26). The van der Waals surface area contributed by atoms with Gasteiger partial charge in [0.2, 0.25) is 0 Å². The highest BCUT2D eigenvalue weighted by atomic mass is 32.1. The van der Waals surface area contributed by atoms with E-state index in [1.807, 2.05) is 5.38 Å². The van der Waals surface area contributed by atoms with Crippen molar-refractivity contribution in [3.05, 3.63) is 69.1 Å². The summed E-state index contributed by atoms with van der Waals surface area (Å²) in [5, 5.41) is 7.06. The van der Waals surface area contributed by atoms with Crippen molar-refractivity contribution in [2.45, 2.75) is 13.0 Å². The van der Waals surface area contributed by atoms with Crippen LogP contribution in [0.5, 0.6) is 0 Å². The third-order valence-corrected chi connectivity index (χ3v) is 5.04. The fraction of sp³-hybridized carbons (Fsp3) is 0.200. The van der Waals surface area contributed by atoms with Crippen LogP contribution in [0.4, 0.5) is 4.79 Å². The fourth-order valence-electron chi connectivity index (χ4n) is 2.77. The van der Waals surface area contributed by atoms with Gasteiger partial charge >= 0.3 is 18.0 Å². The van der Waals surface area contributed by atoms with Crippen LogP contribution in [0, 0.1) is 0 Å². The number of aldehydes is 1. The Morgan fingerprint density at radius 2 is 1.90 bits per heavy atom. The molecule has 0 aliphatic carbocycles. The van der Waals surface area contributed by atoms with Gasteiger partial charge in [-0.05, 0) is 30.5 Å². The van der Waals surface area contributed by atoms with E-state index in [0.717, 1.165) is 4.88 Å². The first-order valence-corrected chi connectivity index (χ1v) is 9.65. The van der Waals surface area contributed by atoms with E-state index in [2.05, 4.69) is 10.6 Å². The molecule has 2 heterocycles. The number of rotatable bonds is 7. The van der Waals surface area contributed by atoms with Gasteiger partial charge < -0.3 is 20.1 Å². The van der Waals surface area contributed by atoms with Gasteiger partial charge in [0.25, 0.3) is 0 Å². The Hall–Kier alpha value is -3.46. The summed E-state index contributed by atoms with van der Waals surface area (Å²) in [6.07, 6.45) is 0.667. The third kappa shape index (κ3) is 4.69. The molecule has 1 aromatic heterocycles. The van der Waals surface area contributed by atoms with Gasteiger partial charge in [-0.25, -0.2) is 14.4 Å². The van der Waals surface area contributed by atoms with Crippen molar-refractivity contribution in [1.29, 1.82) is 0 Å². The lowest BCUT2D eigenvalue weighted by atomic mass is 10.0. The van der Waals surface area contributed by atoms with Gasteiger partial charge in [0, 0.05) is 10.4 Å². The van der Waals surface area contributed by atoms with Crippen LogP contribution in [0.25, 0.3) is 0 Å². The number of hydrogen-bond donors (Lipinski definition) is 2. The predicted molar refractivity (Wildman–Crippen MR) is 104 cm³/mol. The van der Waals surface area contributed by atoms with E-state index in [9.17, 15) is 19.2 Å².